The first-order valence-corrected chi connectivity index (χ1v) is 5.08. The van der Waals surface area contributed by atoms with Crippen molar-refractivity contribution in [2.75, 3.05) is 6.54 Å². The molecule has 14 heavy (non-hydrogen) atoms. The zero-order valence-electron chi connectivity index (χ0n) is 9.25. The Morgan fingerprint density at radius 3 is 3.00 bits per heavy atom. The van der Waals surface area contributed by atoms with Gasteiger partial charge in [-0.3, -0.25) is 4.68 Å². The van der Waals surface area contributed by atoms with Gasteiger partial charge in [0.1, 0.15) is 0 Å². The van der Waals surface area contributed by atoms with Crippen molar-refractivity contribution in [3.8, 4) is 0 Å². The summed E-state index contributed by atoms with van der Waals surface area (Å²) in [4.78, 5) is 0. The van der Waals surface area contributed by atoms with E-state index in [1.165, 1.54) is 11.3 Å². The van der Waals surface area contributed by atoms with E-state index in [0.717, 1.165) is 19.6 Å². The predicted molar refractivity (Wildman–Crippen MR) is 59.0 cm³/mol. The van der Waals surface area contributed by atoms with E-state index < -0.39 is 0 Å². The summed E-state index contributed by atoms with van der Waals surface area (Å²) in [5.74, 6) is 0. The summed E-state index contributed by atoms with van der Waals surface area (Å²) in [6.45, 7) is 9.07. The van der Waals surface area contributed by atoms with E-state index in [-0.39, 0.29) is 0 Å². The van der Waals surface area contributed by atoms with Crippen molar-refractivity contribution in [3.05, 3.63) is 29.6 Å². The number of nitrogens with zero attached hydrogens (tertiary/aromatic N) is 2. The van der Waals surface area contributed by atoms with Crippen molar-refractivity contribution in [2.24, 2.45) is 0 Å². The lowest BCUT2D eigenvalue weighted by Crippen LogP contribution is -2.16. The Morgan fingerprint density at radius 2 is 2.36 bits per heavy atom. The maximum Gasteiger partial charge on any atom is 0.0522 e. The molecule has 0 amide bonds. The van der Waals surface area contributed by atoms with Crippen LogP contribution < -0.4 is 5.32 Å². The quantitative estimate of drug-likeness (QED) is 0.572. The molecule has 1 aromatic rings. The van der Waals surface area contributed by atoms with Gasteiger partial charge in [0.2, 0.25) is 0 Å². The fourth-order valence-corrected chi connectivity index (χ4v) is 1.27. The topological polar surface area (TPSA) is 29.9 Å². The zero-order chi connectivity index (χ0) is 10.4. The van der Waals surface area contributed by atoms with Gasteiger partial charge >= 0.3 is 0 Å². The predicted octanol–water partition coefficient (Wildman–Crippen LogP) is 1.96. The van der Waals surface area contributed by atoms with E-state index in [1.54, 1.807) is 0 Å². The molecule has 1 rings (SSSR count). The Labute approximate surface area is 85.8 Å². The second kappa shape index (κ2) is 5.60. The number of hydrogen-bond acceptors (Lipinski definition) is 2. The molecule has 0 aliphatic carbocycles. The molecule has 3 nitrogen and oxygen atoms in total. The zero-order valence-corrected chi connectivity index (χ0v) is 9.25. The van der Waals surface area contributed by atoms with Crippen LogP contribution in [0.25, 0.3) is 0 Å². The molecule has 0 aromatic carbocycles. The molecule has 0 radical (unpaired) electrons. The number of nitrogens with one attached hydrogen (secondary N) is 1. The number of hydrogen-bond donors (Lipinski definition) is 1. The highest BCUT2D eigenvalue weighted by atomic mass is 15.3. The van der Waals surface area contributed by atoms with Crippen LogP contribution in [0.2, 0.25) is 0 Å². The molecular weight excluding hydrogens is 174 g/mol. The highest BCUT2D eigenvalue weighted by Crippen LogP contribution is 1.97. The van der Waals surface area contributed by atoms with E-state index in [2.05, 4.69) is 43.3 Å². The van der Waals surface area contributed by atoms with Gasteiger partial charge in [-0.1, -0.05) is 11.6 Å². The van der Waals surface area contributed by atoms with E-state index in [0.29, 0.717) is 0 Å². The summed E-state index contributed by atoms with van der Waals surface area (Å²) >= 11 is 0. The summed E-state index contributed by atoms with van der Waals surface area (Å²) in [6, 6.07) is 2.05. The van der Waals surface area contributed by atoms with Gasteiger partial charge in [-0.2, -0.15) is 5.10 Å². The van der Waals surface area contributed by atoms with Crippen molar-refractivity contribution in [3.63, 3.8) is 0 Å². The van der Waals surface area contributed by atoms with Gasteiger partial charge in [0.15, 0.2) is 0 Å². The lowest BCUT2D eigenvalue weighted by Gasteiger charge is -2.04. The number of aromatic nitrogens is 2. The number of aryl methyl sites for hydroxylation is 1. The molecule has 1 aromatic heterocycles. The molecule has 0 aliphatic heterocycles. The Morgan fingerprint density at radius 1 is 1.57 bits per heavy atom. The first kappa shape index (κ1) is 11.0. The van der Waals surface area contributed by atoms with Crippen LogP contribution in [0.1, 0.15) is 26.5 Å². The molecule has 1 heterocycles. The third kappa shape index (κ3) is 3.34. The fraction of sp³-hybridized carbons (Fsp3) is 0.545. The molecule has 1 N–H and O–H groups in total. The monoisotopic (exact) mass is 193 g/mol. The van der Waals surface area contributed by atoms with Crippen LogP contribution in [0.4, 0.5) is 0 Å². The molecule has 0 aliphatic rings. The summed E-state index contributed by atoms with van der Waals surface area (Å²) in [5, 5.41) is 7.57. The normalized spacial score (nSPS) is 10.2. The molecule has 0 saturated carbocycles. The summed E-state index contributed by atoms with van der Waals surface area (Å²) in [6.07, 6.45) is 4.04. The highest BCUT2D eigenvalue weighted by molar-refractivity contribution is 5.01. The molecule has 3 heteroatoms. The van der Waals surface area contributed by atoms with Gasteiger partial charge in [-0.05, 0) is 26.8 Å². The van der Waals surface area contributed by atoms with E-state index in [9.17, 15) is 0 Å². The summed E-state index contributed by atoms with van der Waals surface area (Å²) in [7, 11) is 0. The van der Waals surface area contributed by atoms with Gasteiger partial charge in [0.25, 0.3) is 0 Å². The Balaban J connectivity index is 2.34. The van der Waals surface area contributed by atoms with E-state index >= 15 is 0 Å². The second-order valence-corrected chi connectivity index (χ2v) is 3.55. The third-order valence-electron chi connectivity index (χ3n) is 2.06. The van der Waals surface area contributed by atoms with Crippen LogP contribution >= 0.6 is 0 Å². The van der Waals surface area contributed by atoms with Gasteiger partial charge in [0.05, 0.1) is 5.69 Å². The van der Waals surface area contributed by atoms with Gasteiger partial charge < -0.3 is 5.32 Å². The minimum Gasteiger partial charge on any atom is -0.308 e. The van der Waals surface area contributed by atoms with Crippen molar-refractivity contribution >= 4 is 0 Å². The Kier molecular flexibility index (Phi) is 4.40. The van der Waals surface area contributed by atoms with Crippen LogP contribution in [0.15, 0.2) is 23.9 Å². The van der Waals surface area contributed by atoms with Crippen molar-refractivity contribution in [2.45, 2.75) is 33.9 Å². The fourth-order valence-electron chi connectivity index (χ4n) is 1.27. The minimum atomic E-state index is 0.887. The molecule has 0 fully saturated rings. The van der Waals surface area contributed by atoms with Crippen LogP contribution in [0.3, 0.4) is 0 Å². The summed E-state index contributed by atoms with van der Waals surface area (Å²) in [5.41, 5.74) is 2.59. The molecule has 0 bridgehead atoms. The standard InChI is InChI=1S/C11H19N3/c1-4-14-11(6-8-13-14)9-12-7-5-10(2)3/h5-6,8,12H,4,7,9H2,1-3H3. The lowest BCUT2D eigenvalue weighted by atomic mass is 10.3. The summed E-state index contributed by atoms with van der Waals surface area (Å²) < 4.78 is 2.01. The average Bonchev–Trinajstić information content (AvgIpc) is 2.59. The maximum atomic E-state index is 4.21. The Bertz CT molecular complexity index is 295. The number of rotatable bonds is 5. The smallest absolute Gasteiger partial charge is 0.0522 e. The molecule has 0 unspecified atom stereocenters. The van der Waals surface area contributed by atoms with Gasteiger partial charge in [-0.25, -0.2) is 0 Å². The first-order chi connectivity index (χ1) is 6.74. The van der Waals surface area contributed by atoms with Crippen LogP contribution in [0.5, 0.6) is 0 Å². The SMILES string of the molecule is CCn1nccc1CNCC=C(C)C. The first-order valence-electron chi connectivity index (χ1n) is 5.08. The molecule has 0 saturated heterocycles. The van der Waals surface area contributed by atoms with Gasteiger partial charge in [0, 0.05) is 25.8 Å². The number of allylic oxidation sites excluding steroid dienone is 1. The molecule has 0 atom stereocenters. The molecule has 78 valence electrons. The van der Waals surface area contributed by atoms with Crippen molar-refractivity contribution in [1.82, 2.24) is 15.1 Å². The minimum absolute atomic E-state index is 0.887. The van der Waals surface area contributed by atoms with Crippen molar-refractivity contribution in [1.29, 1.82) is 0 Å². The molecular formula is C11H19N3. The van der Waals surface area contributed by atoms with E-state index in [1.807, 2.05) is 10.9 Å². The third-order valence-corrected chi connectivity index (χ3v) is 2.06. The van der Waals surface area contributed by atoms with E-state index in [4.69, 9.17) is 0 Å². The Hall–Kier alpha value is -1.09. The second-order valence-electron chi connectivity index (χ2n) is 3.55. The van der Waals surface area contributed by atoms with Crippen LogP contribution in [0, 0.1) is 0 Å². The largest absolute Gasteiger partial charge is 0.308 e. The van der Waals surface area contributed by atoms with Crippen LogP contribution in [-0.4, -0.2) is 16.3 Å². The van der Waals surface area contributed by atoms with Crippen molar-refractivity contribution < 1.29 is 0 Å². The molecule has 0 spiro atoms. The maximum absolute atomic E-state index is 4.21. The lowest BCUT2D eigenvalue weighted by molar-refractivity contribution is 0.595. The van der Waals surface area contributed by atoms with Gasteiger partial charge in [-0.15, -0.1) is 0 Å². The van der Waals surface area contributed by atoms with Crippen LogP contribution in [-0.2, 0) is 13.1 Å². The average molecular weight is 193 g/mol. The highest BCUT2D eigenvalue weighted by Gasteiger charge is 1.97.